The molecule has 0 aromatic heterocycles. The van der Waals surface area contributed by atoms with Gasteiger partial charge in [0.1, 0.15) is 0 Å². The van der Waals surface area contributed by atoms with Gasteiger partial charge in [-0.05, 0) is 0 Å². The second kappa shape index (κ2) is 78.8. The molecule has 0 aliphatic heterocycles. The fraction of sp³-hybridized carbons (Fsp3) is 0. The molecule has 0 aliphatic carbocycles. The van der Waals surface area contributed by atoms with Crippen LogP contribution in [0.5, 0.6) is 0 Å². The SMILES string of the molecule is O.O.O=[Si](O)O.O=[Si](O)O.O=[Si](O)O.O=[Si](O)O.O=[Si](O)O.[AlH3].[AlH3].[MgH2].[MgH2].[O-][Cl+]O. The lowest BCUT2D eigenvalue weighted by Crippen LogP contribution is -1.94. The van der Waals surface area contributed by atoms with Gasteiger partial charge in [0.25, 0.3) is 0 Å². The van der Waals surface area contributed by atoms with Crippen molar-refractivity contribution in [2.45, 2.75) is 0 Å². The Morgan fingerprint density at radius 3 is 0.483 bits per heavy atom. The minimum absolute atomic E-state index is 0. The zero-order valence-electron chi connectivity index (χ0n) is 11.2. The number of hydrogen-bond acceptors (Lipinski definition) is 7. The van der Waals surface area contributed by atoms with Crippen LogP contribution in [-0.4, -0.2) is 190 Å². The Bertz CT molecular complexity index is 242. The van der Waals surface area contributed by atoms with Gasteiger partial charge >= 0.3 is 103 Å². The van der Waals surface area contributed by atoms with Crippen LogP contribution in [0.3, 0.4) is 0 Å². The molecule has 0 saturated carbocycles. The van der Waals surface area contributed by atoms with Crippen molar-refractivity contribution in [3.8, 4) is 0 Å². The molecule has 19 nitrogen and oxygen atoms in total. The number of halogens is 1. The topological polar surface area (TPSA) is 394 Å². The maximum Gasteiger partial charge on any atom is 0.761 e. The van der Waals surface area contributed by atoms with Crippen LogP contribution in [0.2, 0.25) is 0 Å². The average Bonchev–Trinajstić information content (AvgIpc) is 2.11. The molecule has 29 heteroatoms. The van der Waals surface area contributed by atoms with Crippen molar-refractivity contribution in [3.05, 3.63) is 0 Å². The molecule has 0 bridgehead atoms. The van der Waals surface area contributed by atoms with E-state index in [1.54, 1.807) is 0 Å². The lowest BCUT2D eigenvalue weighted by atomic mass is 15.8. The van der Waals surface area contributed by atoms with Crippen molar-refractivity contribution in [1.29, 1.82) is 0 Å². The normalized spacial score (nSPS) is 4.76. The van der Waals surface area contributed by atoms with Gasteiger partial charge < -0.3 is 63.6 Å². The first-order valence-corrected chi connectivity index (χ1v) is 10.7. The van der Waals surface area contributed by atoms with E-state index in [9.17, 15) is 0 Å². The lowest BCUT2D eigenvalue weighted by Gasteiger charge is -1.55. The Hall–Kier alpha value is 0.812. The molecular formula is H25Al2ClMg2O19Si5. The maximum absolute atomic E-state index is 8.74. The third-order valence-electron chi connectivity index (χ3n) is 0. The highest BCUT2D eigenvalue weighted by Gasteiger charge is 1.86. The largest absolute Gasteiger partial charge is 0.761 e. The Balaban J connectivity index is -0.0000000115. The van der Waals surface area contributed by atoms with Crippen molar-refractivity contribution in [3.63, 3.8) is 0 Å². The van der Waals surface area contributed by atoms with Gasteiger partial charge in [0.2, 0.25) is 0 Å². The highest BCUT2D eigenvalue weighted by atomic mass is 35.6. The van der Waals surface area contributed by atoms with Gasteiger partial charge in [-0.1, -0.05) is 0 Å². The summed E-state index contributed by atoms with van der Waals surface area (Å²) in [6.07, 6.45) is 0. The van der Waals surface area contributed by atoms with Crippen LogP contribution in [0, 0.1) is 11.3 Å². The van der Waals surface area contributed by atoms with Gasteiger partial charge in [0.05, 0.1) is 0 Å². The molecule has 0 unspecified atom stereocenters. The molecule has 0 heterocycles. The summed E-state index contributed by atoms with van der Waals surface area (Å²) in [5, 5.41) is 0. The Morgan fingerprint density at radius 2 is 0.483 bits per heavy atom. The van der Waals surface area contributed by atoms with Crippen LogP contribution in [0.4, 0.5) is 0 Å². The minimum Gasteiger partial charge on any atom is -0.511 e. The zero-order chi connectivity index (χ0) is 20.6. The Labute approximate surface area is 226 Å². The van der Waals surface area contributed by atoms with E-state index in [1.807, 2.05) is 0 Å². The summed E-state index contributed by atoms with van der Waals surface area (Å²) in [5.74, 6) is 0. The Kier molecular flexibility index (Phi) is 212. The van der Waals surface area contributed by atoms with E-state index in [4.69, 9.17) is 79.6 Å². The van der Waals surface area contributed by atoms with Gasteiger partial charge in [-0.3, -0.25) is 22.3 Å². The first-order chi connectivity index (χ1) is 10.1. The summed E-state index contributed by atoms with van der Waals surface area (Å²) >= 11 is -0.167. The predicted molar refractivity (Wildman–Crippen MR) is 101 cm³/mol. The van der Waals surface area contributed by atoms with Gasteiger partial charge in [-0.15, -0.1) is 4.66 Å². The molecule has 0 aliphatic rings. The van der Waals surface area contributed by atoms with E-state index < -0.39 is 45.9 Å². The molecule has 0 saturated heterocycles. The Morgan fingerprint density at radius 1 is 0.483 bits per heavy atom. The molecule has 176 valence electrons. The predicted octanol–water partition coefficient (Wildman–Crippen LogP) is -15.7. The second-order valence-electron chi connectivity index (χ2n) is 1.48. The summed E-state index contributed by atoms with van der Waals surface area (Å²) in [5.41, 5.74) is 0. The fourth-order valence-corrected chi connectivity index (χ4v) is 0. The van der Waals surface area contributed by atoms with Gasteiger partial charge in [-0.25, -0.2) is 0 Å². The molecular weight excluding hydrogens is 582 g/mol. The van der Waals surface area contributed by atoms with Crippen molar-refractivity contribution in [2.75, 3.05) is 0 Å². The summed E-state index contributed by atoms with van der Waals surface area (Å²) in [6.45, 7) is 0. The van der Waals surface area contributed by atoms with Gasteiger partial charge in [0.15, 0.2) is 34.7 Å². The highest BCUT2D eigenvalue weighted by Crippen LogP contribution is 1.28. The molecule has 0 aromatic carbocycles. The van der Waals surface area contributed by atoms with E-state index in [1.165, 1.54) is 0 Å². The molecule has 0 rings (SSSR count). The molecule has 29 heavy (non-hydrogen) atoms. The first-order valence-electron chi connectivity index (χ1n) is 3.58. The second-order valence-corrected chi connectivity index (χ2v) is 4.45. The van der Waals surface area contributed by atoms with Crippen LogP contribution in [-0.2, 0) is 22.3 Å². The third-order valence-corrected chi connectivity index (χ3v) is 0. The monoisotopic (exact) mass is 606 g/mol. The molecule has 0 spiro atoms. The number of hydrogen-bond donors (Lipinski definition) is 11. The molecule has 15 N–H and O–H groups in total. The van der Waals surface area contributed by atoms with E-state index in [0.29, 0.717) is 0 Å². The van der Waals surface area contributed by atoms with E-state index in [2.05, 4.69) is 0 Å². The van der Waals surface area contributed by atoms with Crippen LogP contribution >= 0.6 is 0 Å². The highest BCUT2D eigenvalue weighted by molar-refractivity contribution is 6.22. The van der Waals surface area contributed by atoms with Crippen molar-refractivity contribution < 1.29 is 102 Å². The van der Waals surface area contributed by atoms with E-state index >= 15 is 0 Å². The van der Waals surface area contributed by atoms with Crippen LogP contribution in [0.25, 0.3) is 0 Å². The van der Waals surface area contributed by atoms with Gasteiger partial charge in [0, 0.05) is 0 Å². The van der Waals surface area contributed by atoms with E-state index in [0.717, 1.165) is 0 Å². The minimum atomic E-state index is -3.13. The van der Waals surface area contributed by atoms with Crippen molar-refractivity contribution in [1.82, 2.24) is 0 Å². The standard InChI is InChI=1S/2Al.ClHO2.2Mg.5H2O3Si.2H2O.10H/c;;2-1-3;;;5*1-4(2)3;;;;;;;;;;;;/h;;2H;;;5*1-2H;2*1H2;;;;;;;;;;. The van der Waals surface area contributed by atoms with Crippen LogP contribution in [0.15, 0.2) is 0 Å². The lowest BCUT2D eigenvalue weighted by molar-refractivity contribution is -1.27. The fourth-order valence-electron chi connectivity index (χ4n) is 0. The summed E-state index contributed by atoms with van der Waals surface area (Å²) < 4.78 is 58.9. The zero-order valence-corrected chi connectivity index (χ0v) is 17.0. The van der Waals surface area contributed by atoms with Crippen molar-refractivity contribution >= 4 is 127 Å². The average molecular weight is 608 g/mol. The van der Waals surface area contributed by atoms with E-state index in [-0.39, 0.29) is 103 Å². The van der Waals surface area contributed by atoms with Crippen LogP contribution in [0.1, 0.15) is 0 Å². The molecule has 0 radical (unpaired) electrons. The van der Waals surface area contributed by atoms with Gasteiger partial charge in [-0.2, -0.15) is 0 Å². The molecule has 0 amide bonds. The van der Waals surface area contributed by atoms with Crippen LogP contribution < -0.4 is 4.66 Å². The maximum atomic E-state index is 8.74. The quantitative estimate of drug-likeness (QED) is 0.114. The third kappa shape index (κ3) is 31400. The summed E-state index contributed by atoms with van der Waals surface area (Å²) in [7, 11) is -15.6. The molecule has 0 fully saturated rings. The molecule has 0 aromatic rings. The summed E-state index contributed by atoms with van der Waals surface area (Å²) in [4.78, 5) is 71.6. The summed E-state index contributed by atoms with van der Waals surface area (Å²) in [6, 6.07) is 0. The van der Waals surface area contributed by atoms with Crippen molar-refractivity contribution in [2.24, 2.45) is 0 Å². The number of rotatable bonds is 0. The smallest absolute Gasteiger partial charge is 0.511 e. The molecule has 0 atom stereocenters. The first kappa shape index (κ1) is 78.0.